The van der Waals surface area contributed by atoms with Crippen molar-refractivity contribution in [3.05, 3.63) is 0 Å². The number of fused-ring (bicyclic) bond motifs is 5. The maximum atomic E-state index is 11.0. The van der Waals surface area contributed by atoms with Gasteiger partial charge in [0.15, 0.2) is 0 Å². The van der Waals surface area contributed by atoms with Crippen LogP contribution in [0.15, 0.2) is 0 Å². The lowest BCUT2D eigenvalue weighted by molar-refractivity contribution is -0.152. The summed E-state index contributed by atoms with van der Waals surface area (Å²) in [6.45, 7) is 18.1. The van der Waals surface area contributed by atoms with Gasteiger partial charge in [0.1, 0.15) is 0 Å². The average Bonchev–Trinajstić information content (AvgIpc) is 3.11. The Labute approximate surface area is 219 Å². The van der Waals surface area contributed by atoms with Crippen LogP contribution in [-0.2, 0) is 0 Å². The molecule has 9 atom stereocenters. The van der Waals surface area contributed by atoms with Gasteiger partial charge in [0.05, 0.1) is 11.2 Å². The second kappa shape index (κ2) is 10.7. The molecular weight excluding hydrogens is 416 g/mol. The molecule has 2 nitrogen and oxygen atoms in total. The van der Waals surface area contributed by atoms with Crippen molar-refractivity contribution in [3.63, 3.8) is 0 Å². The SMILES string of the molecule is CCC.CC[C@]1(O)CC[C@@]2(C)C(CC[C@@H]3C2CC[C@@]2(C)C3CCC2[C@H](C)CCCC(C)(C)O)C1.[HH].[HH].[HH].[HH]. The van der Waals surface area contributed by atoms with Crippen molar-refractivity contribution in [1.29, 1.82) is 0 Å². The highest BCUT2D eigenvalue weighted by Crippen LogP contribution is 2.69. The maximum absolute atomic E-state index is 11.0. The molecule has 4 rings (SSSR count). The highest BCUT2D eigenvalue weighted by Gasteiger charge is 2.61. The van der Waals surface area contributed by atoms with Gasteiger partial charge in [-0.3, -0.25) is 0 Å². The van der Waals surface area contributed by atoms with E-state index >= 15 is 0 Å². The van der Waals surface area contributed by atoms with Crippen molar-refractivity contribution in [1.82, 2.24) is 0 Å². The average molecular weight is 485 g/mol. The second-order valence-electron chi connectivity index (χ2n) is 14.6. The van der Waals surface area contributed by atoms with Gasteiger partial charge in [0.25, 0.3) is 0 Å². The van der Waals surface area contributed by atoms with Gasteiger partial charge in [-0.2, -0.15) is 0 Å². The van der Waals surface area contributed by atoms with Crippen molar-refractivity contribution < 1.29 is 15.9 Å². The lowest BCUT2D eigenvalue weighted by atomic mass is 9.43. The molecule has 4 saturated carbocycles. The molecule has 0 spiro atoms. The third-order valence-corrected chi connectivity index (χ3v) is 11.7. The van der Waals surface area contributed by atoms with Gasteiger partial charge in [-0.15, -0.1) is 0 Å². The van der Waals surface area contributed by atoms with E-state index in [9.17, 15) is 10.2 Å². The summed E-state index contributed by atoms with van der Waals surface area (Å²) in [5, 5.41) is 21.1. The zero-order valence-electron chi connectivity index (χ0n) is 24.3. The summed E-state index contributed by atoms with van der Waals surface area (Å²) < 4.78 is 0. The minimum absolute atomic E-state index is 0. The van der Waals surface area contributed by atoms with Crippen molar-refractivity contribution in [3.8, 4) is 0 Å². The molecule has 0 aromatic carbocycles. The van der Waals surface area contributed by atoms with Gasteiger partial charge in [-0.1, -0.05) is 60.8 Å². The lowest BCUT2D eigenvalue weighted by Gasteiger charge is -2.62. The van der Waals surface area contributed by atoms with Crippen LogP contribution in [0.4, 0.5) is 0 Å². The smallest absolute Gasteiger partial charge is 0.0648 e. The molecule has 0 saturated heterocycles. The molecule has 0 aliphatic heterocycles. The van der Waals surface area contributed by atoms with Crippen LogP contribution in [0.1, 0.15) is 151 Å². The zero-order valence-corrected chi connectivity index (χ0v) is 24.3. The summed E-state index contributed by atoms with van der Waals surface area (Å²) in [5.74, 6) is 5.17. The fraction of sp³-hybridized carbons (Fsp3) is 1.00. The molecule has 2 N–H and O–H groups in total. The van der Waals surface area contributed by atoms with E-state index in [1.807, 2.05) is 13.8 Å². The minimum Gasteiger partial charge on any atom is -0.390 e. The Morgan fingerprint density at radius 2 is 1.56 bits per heavy atom. The van der Waals surface area contributed by atoms with Crippen LogP contribution in [0, 0.1) is 46.3 Å². The Bertz CT molecular complexity index is 670. The van der Waals surface area contributed by atoms with Crippen LogP contribution in [0.25, 0.3) is 0 Å². The third kappa shape index (κ3) is 5.58. The van der Waals surface area contributed by atoms with E-state index in [0.29, 0.717) is 10.8 Å². The van der Waals surface area contributed by atoms with Crippen LogP contribution in [0.5, 0.6) is 0 Å². The standard InChI is InChI=1S/C29H52O2.C3H8.4H2/c1-7-29(31)18-17-27(5)21(19-29)10-11-22-24-13-12-23(28(24,6)16-14-25(22)27)20(2)9-8-15-26(3,4)30;1-3-2;;;;/h20-25,30-31H,7-19H2,1-6H3;3H2,1-2H3;4*1H/t20-,21?,22+,23?,24?,25?,27+,28-,29+;;;;;/m1...../s1. The summed E-state index contributed by atoms with van der Waals surface area (Å²) in [4.78, 5) is 0. The fourth-order valence-electron chi connectivity index (χ4n) is 9.68. The molecule has 0 aromatic rings. The first-order chi connectivity index (χ1) is 15.8. The summed E-state index contributed by atoms with van der Waals surface area (Å²) in [7, 11) is 0. The predicted molar refractivity (Wildman–Crippen MR) is 154 cm³/mol. The monoisotopic (exact) mass is 485 g/mol. The van der Waals surface area contributed by atoms with Gasteiger partial charge in [-0.25, -0.2) is 0 Å². The number of aliphatic hydroxyl groups is 2. The fourth-order valence-corrected chi connectivity index (χ4v) is 9.68. The first kappa shape index (κ1) is 28.5. The van der Waals surface area contributed by atoms with Crippen LogP contribution < -0.4 is 0 Å². The molecule has 2 heteroatoms. The molecule has 0 aromatic heterocycles. The quantitative estimate of drug-likeness (QED) is 0.394. The number of hydrogen-bond acceptors (Lipinski definition) is 2. The van der Waals surface area contributed by atoms with Crippen molar-refractivity contribution in [2.24, 2.45) is 46.3 Å². The summed E-state index contributed by atoms with van der Waals surface area (Å²) >= 11 is 0. The van der Waals surface area contributed by atoms with E-state index in [0.717, 1.165) is 67.6 Å². The molecule has 4 unspecified atom stereocenters. The molecule has 4 aliphatic carbocycles. The van der Waals surface area contributed by atoms with E-state index in [1.54, 1.807) is 0 Å². The summed E-state index contributed by atoms with van der Waals surface area (Å²) in [6.07, 6.45) is 17.4. The summed E-state index contributed by atoms with van der Waals surface area (Å²) in [6, 6.07) is 0. The first-order valence-electron chi connectivity index (χ1n) is 15.3. The second-order valence-corrected chi connectivity index (χ2v) is 14.6. The predicted octanol–water partition coefficient (Wildman–Crippen LogP) is 9.76. The molecule has 0 radical (unpaired) electrons. The van der Waals surface area contributed by atoms with Gasteiger partial charge >= 0.3 is 0 Å². The lowest BCUT2D eigenvalue weighted by Crippen LogP contribution is -2.56. The highest BCUT2D eigenvalue weighted by molar-refractivity contribution is 5.10. The highest BCUT2D eigenvalue weighted by atomic mass is 16.3. The molecule has 4 fully saturated rings. The van der Waals surface area contributed by atoms with Crippen LogP contribution in [-0.4, -0.2) is 21.4 Å². The number of rotatable bonds is 6. The van der Waals surface area contributed by atoms with Gasteiger partial charge < -0.3 is 10.2 Å². The largest absolute Gasteiger partial charge is 0.390 e. The van der Waals surface area contributed by atoms with Crippen molar-refractivity contribution in [2.75, 3.05) is 0 Å². The topological polar surface area (TPSA) is 40.5 Å². The minimum atomic E-state index is -0.516. The third-order valence-electron chi connectivity index (χ3n) is 11.7. The number of hydrogen-bond donors (Lipinski definition) is 2. The maximum Gasteiger partial charge on any atom is 0.0648 e. The molecule has 4 aliphatic rings. The Balaban J connectivity index is 0. The molecule has 34 heavy (non-hydrogen) atoms. The van der Waals surface area contributed by atoms with Crippen LogP contribution in [0.2, 0.25) is 0 Å². The van der Waals surface area contributed by atoms with E-state index in [4.69, 9.17) is 0 Å². The van der Waals surface area contributed by atoms with E-state index in [2.05, 4.69) is 41.5 Å². The molecule has 0 heterocycles. The summed E-state index contributed by atoms with van der Waals surface area (Å²) in [5.41, 5.74) is 0.120. The van der Waals surface area contributed by atoms with Gasteiger partial charge in [0, 0.05) is 5.71 Å². The Hall–Kier alpha value is -0.0800. The molecule has 208 valence electrons. The van der Waals surface area contributed by atoms with Crippen molar-refractivity contribution in [2.45, 2.75) is 156 Å². The van der Waals surface area contributed by atoms with Gasteiger partial charge in [0.2, 0.25) is 0 Å². The van der Waals surface area contributed by atoms with E-state index < -0.39 is 5.60 Å². The van der Waals surface area contributed by atoms with Crippen LogP contribution >= 0.6 is 0 Å². The molecule has 0 bridgehead atoms. The Morgan fingerprint density at radius 3 is 2.18 bits per heavy atom. The van der Waals surface area contributed by atoms with Crippen molar-refractivity contribution >= 4 is 0 Å². The molecule has 0 amide bonds. The Morgan fingerprint density at radius 1 is 0.912 bits per heavy atom. The van der Waals surface area contributed by atoms with E-state index in [-0.39, 0.29) is 11.3 Å². The Kier molecular flexibility index (Phi) is 8.99. The van der Waals surface area contributed by atoms with Gasteiger partial charge in [-0.05, 0) is 131 Å². The normalized spacial score (nSPS) is 44.8. The zero-order chi connectivity index (χ0) is 25.4. The molecular formula is C32H68O2. The van der Waals surface area contributed by atoms with E-state index in [1.165, 1.54) is 57.8 Å². The van der Waals surface area contributed by atoms with Crippen LogP contribution in [0.3, 0.4) is 0 Å². The first-order valence-corrected chi connectivity index (χ1v) is 15.3.